The highest BCUT2D eigenvalue weighted by Crippen LogP contribution is 2.26. The van der Waals surface area contributed by atoms with Gasteiger partial charge < -0.3 is 5.32 Å². The zero-order valence-corrected chi connectivity index (χ0v) is 11.9. The predicted molar refractivity (Wildman–Crippen MR) is 78.4 cm³/mol. The molecule has 2 N–H and O–H groups in total. The molecule has 0 fully saturated rings. The number of rotatable bonds is 3. The van der Waals surface area contributed by atoms with Crippen LogP contribution in [0.15, 0.2) is 41.3 Å². The summed E-state index contributed by atoms with van der Waals surface area (Å²) in [4.78, 5) is 4.39. The third kappa shape index (κ3) is 2.46. The first-order valence-corrected chi connectivity index (χ1v) is 7.86. The summed E-state index contributed by atoms with van der Waals surface area (Å²) < 4.78 is 27.2. The molecule has 0 saturated heterocycles. The molecule has 0 aliphatic carbocycles. The topological polar surface area (TPSA) is 71.1 Å². The molecule has 0 bridgehead atoms. The van der Waals surface area contributed by atoms with E-state index in [1.807, 2.05) is 19.1 Å². The lowest BCUT2D eigenvalue weighted by atomic mass is 10.2. The number of benzene rings is 1. The molecule has 1 aromatic heterocycles. The van der Waals surface area contributed by atoms with Gasteiger partial charge in [-0.1, -0.05) is 12.1 Å². The number of anilines is 2. The summed E-state index contributed by atoms with van der Waals surface area (Å²) in [6.07, 6.45) is 0.933. The molecule has 2 heterocycles. The average Bonchev–Trinajstić information content (AvgIpc) is 2.85. The molecule has 5 nitrogen and oxygen atoms in total. The number of fused-ring (bicyclic) bond motifs is 1. The fraction of sp³-hybridized carbons (Fsp3) is 0.214. The third-order valence-corrected chi connectivity index (χ3v) is 4.58. The fourth-order valence-corrected chi connectivity index (χ4v) is 3.26. The van der Waals surface area contributed by atoms with Crippen molar-refractivity contribution in [2.75, 3.05) is 16.6 Å². The summed E-state index contributed by atoms with van der Waals surface area (Å²) in [7, 11) is -3.60. The summed E-state index contributed by atoms with van der Waals surface area (Å²) in [6, 6.07) is 10.4. The Kier molecular flexibility index (Phi) is 3.10. The Morgan fingerprint density at radius 1 is 1.25 bits per heavy atom. The molecule has 0 saturated carbocycles. The van der Waals surface area contributed by atoms with Crippen molar-refractivity contribution in [3.05, 3.63) is 47.7 Å². The van der Waals surface area contributed by atoms with Gasteiger partial charge in [0.25, 0.3) is 10.0 Å². The van der Waals surface area contributed by atoms with Gasteiger partial charge in [0.2, 0.25) is 0 Å². The Balaban J connectivity index is 1.92. The highest BCUT2D eigenvalue weighted by Gasteiger charge is 2.18. The van der Waals surface area contributed by atoms with Crippen LogP contribution in [0.1, 0.15) is 11.3 Å². The monoisotopic (exact) mass is 289 g/mol. The van der Waals surface area contributed by atoms with Crippen LogP contribution in [0.2, 0.25) is 0 Å². The first-order valence-electron chi connectivity index (χ1n) is 6.38. The summed E-state index contributed by atoms with van der Waals surface area (Å²) in [6.45, 7) is 2.67. The van der Waals surface area contributed by atoms with Crippen molar-refractivity contribution in [3.63, 3.8) is 0 Å². The van der Waals surface area contributed by atoms with Crippen molar-refractivity contribution in [2.24, 2.45) is 0 Å². The number of hydrogen-bond donors (Lipinski definition) is 2. The summed E-state index contributed by atoms with van der Waals surface area (Å²) in [5.41, 5.74) is 2.81. The maximum absolute atomic E-state index is 12.3. The molecule has 1 aromatic carbocycles. The van der Waals surface area contributed by atoms with Gasteiger partial charge in [0.1, 0.15) is 5.82 Å². The second-order valence-corrected chi connectivity index (χ2v) is 6.45. The van der Waals surface area contributed by atoms with Gasteiger partial charge in [-0.15, -0.1) is 0 Å². The van der Waals surface area contributed by atoms with Crippen LogP contribution in [0.25, 0.3) is 0 Å². The zero-order valence-electron chi connectivity index (χ0n) is 11.1. The zero-order chi connectivity index (χ0) is 14.2. The normalized spacial score (nSPS) is 13.7. The molecule has 0 atom stereocenters. The van der Waals surface area contributed by atoms with E-state index in [0.717, 1.165) is 29.9 Å². The van der Waals surface area contributed by atoms with Gasteiger partial charge >= 0.3 is 0 Å². The second-order valence-electron chi connectivity index (χ2n) is 4.77. The van der Waals surface area contributed by atoms with Crippen molar-refractivity contribution in [1.82, 2.24) is 4.98 Å². The highest BCUT2D eigenvalue weighted by molar-refractivity contribution is 7.92. The van der Waals surface area contributed by atoms with Crippen molar-refractivity contribution in [1.29, 1.82) is 0 Å². The summed E-state index contributed by atoms with van der Waals surface area (Å²) in [5, 5.41) is 3.18. The van der Waals surface area contributed by atoms with E-state index in [9.17, 15) is 8.42 Å². The van der Waals surface area contributed by atoms with Crippen molar-refractivity contribution in [2.45, 2.75) is 18.2 Å². The minimum atomic E-state index is -3.60. The molecule has 1 aliphatic rings. The molecule has 1 aliphatic heterocycles. The van der Waals surface area contributed by atoms with Crippen LogP contribution in [-0.4, -0.2) is 19.9 Å². The van der Waals surface area contributed by atoms with Crippen molar-refractivity contribution >= 4 is 21.5 Å². The Morgan fingerprint density at radius 2 is 2.10 bits per heavy atom. The van der Waals surface area contributed by atoms with E-state index < -0.39 is 10.0 Å². The van der Waals surface area contributed by atoms with E-state index in [2.05, 4.69) is 15.0 Å². The van der Waals surface area contributed by atoms with Gasteiger partial charge in [-0.2, -0.15) is 0 Å². The molecule has 104 valence electrons. The number of nitrogens with one attached hydrogen (secondary N) is 2. The van der Waals surface area contributed by atoms with Gasteiger partial charge in [-0.05, 0) is 43.2 Å². The van der Waals surface area contributed by atoms with E-state index in [4.69, 9.17) is 0 Å². The lowest BCUT2D eigenvalue weighted by Crippen LogP contribution is -2.14. The SMILES string of the molecule is Cc1cccc(NS(=O)(=O)c2ccc3c(c2)NCC3)n1. The van der Waals surface area contributed by atoms with Crippen molar-refractivity contribution < 1.29 is 8.42 Å². The quantitative estimate of drug-likeness (QED) is 0.908. The molecule has 0 amide bonds. The molecular weight excluding hydrogens is 274 g/mol. The minimum absolute atomic E-state index is 0.244. The molecule has 0 unspecified atom stereocenters. The molecule has 0 radical (unpaired) electrons. The minimum Gasteiger partial charge on any atom is -0.384 e. The Bertz CT molecular complexity index is 757. The molecule has 2 aromatic rings. The fourth-order valence-electron chi connectivity index (χ4n) is 2.23. The second kappa shape index (κ2) is 4.79. The first-order chi connectivity index (χ1) is 9.54. The highest BCUT2D eigenvalue weighted by atomic mass is 32.2. The van der Waals surface area contributed by atoms with Crippen LogP contribution in [0, 0.1) is 6.92 Å². The average molecular weight is 289 g/mol. The lowest BCUT2D eigenvalue weighted by Gasteiger charge is -2.09. The van der Waals surface area contributed by atoms with Gasteiger partial charge in [0.05, 0.1) is 4.90 Å². The number of sulfonamides is 1. The maximum Gasteiger partial charge on any atom is 0.263 e. The Hall–Kier alpha value is -2.08. The predicted octanol–water partition coefficient (Wildman–Crippen LogP) is 2.16. The van der Waals surface area contributed by atoms with E-state index in [-0.39, 0.29) is 4.90 Å². The number of aromatic nitrogens is 1. The van der Waals surface area contributed by atoms with Gasteiger partial charge in [-0.3, -0.25) is 4.72 Å². The molecular formula is C14H15N3O2S. The smallest absolute Gasteiger partial charge is 0.263 e. The first kappa shape index (κ1) is 12.9. The Labute approximate surface area is 118 Å². The maximum atomic E-state index is 12.3. The van der Waals surface area contributed by atoms with Gasteiger partial charge in [0.15, 0.2) is 0 Å². The number of pyridine rings is 1. The van der Waals surface area contributed by atoms with Crippen LogP contribution < -0.4 is 10.0 Å². The molecule has 0 spiro atoms. The van der Waals surface area contributed by atoms with E-state index in [1.54, 1.807) is 24.3 Å². The van der Waals surface area contributed by atoms with Crippen LogP contribution >= 0.6 is 0 Å². The van der Waals surface area contributed by atoms with Crippen LogP contribution in [0.4, 0.5) is 11.5 Å². The third-order valence-electron chi connectivity index (χ3n) is 3.23. The van der Waals surface area contributed by atoms with Crippen LogP contribution in [0.5, 0.6) is 0 Å². The number of hydrogen-bond acceptors (Lipinski definition) is 4. The van der Waals surface area contributed by atoms with E-state index >= 15 is 0 Å². The van der Waals surface area contributed by atoms with E-state index in [0.29, 0.717) is 5.82 Å². The lowest BCUT2D eigenvalue weighted by molar-refractivity contribution is 0.601. The molecule has 20 heavy (non-hydrogen) atoms. The Morgan fingerprint density at radius 3 is 2.90 bits per heavy atom. The summed E-state index contributed by atoms with van der Waals surface area (Å²) >= 11 is 0. The summed E-state index contributed by atoms with van der Waals surface area (Å²) in [5.74, 6) is 0.332. The van der Waals surface area contributed by atoms with Gasteiger partial charge in [-0.25, -0.2) is 13.4 Å². The van der Waals surface area contributed by atoms with Gasteiger partial charge in [0, 0.05) is 17.9 Å². The number of aryl methyl sites for hydroxylation is 1. The van der Waals surface area contributed by atoms with Crippen LogP contribution in [-0.2, 0) is 16.4 Å². The molecule has 3 rings (SSSR count). The van der Waals surface area contributed by atoms with Crippen molar-refractivity contribution in [3.8, 4) is 0 Å². The standard InChI is InChI=1S/C14H15N3O2S/c1-10-3-2-4-14(16-10)17-20(18,19)12-6-5-11-7-8-15-13(11)9-12/h2-6,9,15H,7-8H2,1H3,(H,16,17). The largest absolute Gasteiger partial charge is 0.384 e. The van der Waals surface area contributed by atoms with Crippen LogP contribution in [0.3, 0.4) is 0 Å². The number of nitrogens with zero attached hydrogens (tertiary/aromatic N) is 1. The van der Waals surface area contributed by atoms with E-state index in [1.165, 1.54) is 0 Å². The molecule has 6 heteroatoms.